The van der Waals surface area contributed by atoms with E-state index in [1.165, 1.54) is 12.1 Å². The first-order valence-corrected chi connectivity index (χ1v) is 16.7. The van der Waals surface area contributed by atoms with Crippen LogP contribution in [0, 0.1) is 0 Å². The molecule has 4 aromatic rings. The van der Waals surface area contributed by atoms with E-state index >= 15 is 0 Å². The average molecular weight is 649 g/mol. The van der Waals surface area contributed by atoms with Gasteiger partial charge in [0, 0.05) is 48.0 Å². The molecule has 1 aromatic heterocycles. The molecule has 0 spiro atoms. The van der Waals surface area contributed by atoms with Gasteiger partial charge in [0.15, 0.2) is 0 Å². The maximum Gasteiger partial charge on any atom is 0.338 e. The number of aliphatic hydroxyl groups is 1. The fourth-order valence-corrected chi connectivity index (χ4v) is 6.31. The molecular weight excluding hydrogens is 608 g/mol. The summed E-state index contributed by atoms with van der Waals surface area (Å²) in [7, 11) is -3.74. The maximum atomic E-state index is 12.7. The van der Waals surface area contributed by atoms with Gasteiger partial charge >= 0.3 is 5.97 Å². The topological polar surface area (TPSA) is 139 Å². The minimum absolute atomic E-state index is 0.0644. The highest BCUT2D eigenvalue weighted by Crippen LogP contribution is 2.23. The van der Waals surface area contributed by atoms with Crippen molar-refractivity contribution in [1.82, 2.24) is 14.8 Å². The van der Waals surface area contributed by atoms with Crippen LogP contribution in [0.4, 0.5) is 5.69 Å². The Bertz CT molecular complexity index is 1770. The molecule has 0 radical (unpaired) electrons. The van der Waals surface area contributed by atoms with Crippen molar-refractivity contribution in [2.45, 2.75) is 43.4 Å². The lowest BCUT2D eigenvalue weighted by Crippen LogP contribution is -2.43. The number of amides is 1. The average Bonchev–Trinajstić information content (AvgIpc) is 3.46. The number of β-amino-alcohol motifs (C(OH)–C–C–N with tert-alkyl or cyclic N) is 1. The molecule has 2 heterocycles. The number of ether oxygens (including phenoxy) is 2. The van der Waals surface area contributed by atoms with E-state index in [4.69, 9.17) is 9.47 Å². The van der Waals surface area contributed by atoms with Crippen molar-refractivity contribution in [1.29, 1.82) is 0 Å². The summed E-state index contributed by atoms with van der Waals surface area (Å²) in [4.78, 5) is 26.3. The summed E-state index contributed by atoms with van der Waals surface area (Å²) in [5, 5.41) is 15.3. The first-order chi connectivity index (χ1) is 22.0. The molecule has 1 unspecified atom stereocenters. The fourth-order valence-electron chi connectivity index (χ4n) is 5.24. The number of carbonyl (C=O) groups excluding carboxylic acids is 2. The van der Waals surface area contributed by atoms with Crippen LogP contribution in [0.15, 0.2) is 90.0 Å². The van der Waals surface area contributed by atoms with Crippen molar-refractivity contribution in [2.24, 2.45) is 0 Å². The lowest BCUT2D eigenvalue weighted by Gasteiger charge is -2.28. The van der Waals surface area contributed by atoms with Crippen LogP contribution in [0.2, 0.25) is 0 Å². The van der Waals surface area contributed by atoms with Gasteiger partial charge in [-0.3, -0.25) is 9.52 Å². The van der Waals surface area contributed by atoms with Crippen molar-refractivity contribution in [3.8, 4) is 0 Å². The number of esters is 1. The number of benzene rings is 3. The number of sulfonamides is 1. The first-order valence-electron chi connectivity index (χ1n) is 15.2. The molecule has 0 bridgehead atoms. The molecule has 12 heteroatoms. The Hall–Kier alpha value is -4.23. The van der Waals surface area contributed by atoms with Crippen LogP contribution in [0.1, 0.15) is 42.3 Å². The summed E-state index contributed by atoms with van der Waals surface area (Å²) in [6, 6.07) is 22.3. The summed E-state index contributed by atoms with van der Waals surface area (Å²) in [5.74, 6) is -0.532. The molecule has 244 valence electrons. The number of aryl methyl sites for hydroxylation is 1. The molecule has 1 aliphatic heterocycles. The predicted molar refractivity (Wildman–Crippen MR) is 175 cm³/mol. The molecule has 1 aliphatic rings. The standard InChI is InChI=1S/C34H40N4O7S/c1-34(2,35-23-31(39)26-7-6-8-28(22-26)36-46(42,43)29-9-4-3-5-10-29)14-16-37-15-13-25-21-27(11-12-30(25)37)33(41)45-20-18-38-17-19-44-24-32(38)40/h3-13,15,21-22,31,35-36,39H,14,16-20,23-24H2,1-2H3. The lowest BCUT2D eigenvalue weighted by atomic mass is 9.99. The molecular formula is C34H40N4O7S. The third-order valence-electron chi connectivity index (χ3n) is 8.01. The Kier molecular flexibility index (Phi) is 10.4. The second-order valence-electron chi connectivity index (χ2n) is 11.9. The summed E-state index contributed by atoms with van der Waals surface area (Å²) in [6.07, 6.45) is 1.89. The van der Waals surface area contributed by atoms with Gasteiger partial charge in [0.25, 0.3) is 10.0 Å². The van der Waals surface area contributed by atoms with E-state index in [0.29, 0.717) is 43.1 Å². The molecule has 46 heavy (non-hydrogen) atoms. The molecule has 3 N–H and O–H groups in total. The fraction of sp³-hybridized carbons (Fsp3) is 0.353. The van der Waals surface area contributed by atoms with Crippen LogP contribution in [0.25, 0.3) is 10.9 Å². The summed E-state index contributed by atoms with van der Waals surface area (Å²) < 4.78 is 40.7. The molecule has 11 nitrogen and oxygen atoms in total. The van der Waals surface area contributed by atoms with Gasteiger partial charge in [0.05, 0.1) is 29.7 Å². The number of hydrogen-bond acceptors (Lipinski definition) is 8. The molecule has 1 fully saturated rings. The van der Waals surface area contributed by atoms with E-state index in [9.17, 15) is 23.1 Å². The molecule has 3 aromatic carbocycles. The number of aliphatic hydroxyl groups excluding tert-OH is 1. The lowest BCUT2D eigenvalue weighted by molar-refractivity contribution is -0.143. The number of anilines is 1. The highest BCUT2D eigenvalue weighted by Gasteiger charge is 2.22. The quantitative estimate of drug-likeness (QED) is 0.175. The van der Waals surface area contributed by atoms with Gasteiger partial charge in [-0.2, -0.15) is 0 Å². The minimum Gasteiger partial charge on any atom is -0.460 e. The summed E-state index contributed by atoms with van der Waals surface area (Å²) in [5.41, 5.74) is 2.08. The number of carbonyl (C=O) groups is 2. The van der Waals surface area contributed by atoms with Crippen LogP contribution in [-0.4, -0.2) is 79.9 Å². The van der Waals surface area contributed by atoms with Crippen molar-refractivity contribution in [2.75, 3.05) is 44.2 Å². The van der Waals surface area contributed by atoms with Crippen LogP contribution >= 0.6 is 0 Å². The number of nitrogens with one attached hydrogen (secondary N) is 2. The van der Waals surface area contributed by atoms with Crippen molar-refractivity contribution in [3.63, 3.8) is 0 Å². The zero-order valence-electron chi connectivity index (χ0n) is 26.0. The highest BCUT2D eigenvalue weighted by atomic mass is 32.2. The van der Waals surface area contributed by atoms with Gasteiger partial charge in [-0.15, -0.1) is 0 Å². The van der Waals surface area contributed by atoms with Gasteiger partial charge in [-0.25, -0.2) is 13.2 Å². The monoisotopic (exact) mass is 648 g/mol. The molecule has 1 atom stereocenters. The van der Waals surface area contributed by atoms with Gasteiger partial charge in [0.1, 0.15) is 13.2 Å². The van der Waals surface area contributed by atoms with Crippen molar-refractivity contribution in [3.05, 3.63) is 96.2 Å². The SMILES string of the molecule is CC(C)(CCn1ccc2cc(C(=O)OCCN3CCOCC3=O)ccc21)NCC(O)c1cccc(NS(=O)(=O)c2ccccc2)c1. The number of fused-ring (bicyclic) bond motifs is 1. The minimum atomic E-state index is -3.74. The zero-order chi connectivity index (χ0) is 32.7. The van der Waals surface area contributed by atoms with E-state index in [1.54, 1.807) is 53.4 Å². The number of rotatable bonds is 14. The van der Waals surface area contributed by atoms with Crippen LogP contribution in [0.5, 0.6) is 0 Å². The summed E-state index contributed by atoms with van der Waals surface area (Å²) >= 11 is 0. The van der Waals surface area contributed by atoms with E-state index in [0.717, 1.165) is 17.3 Å². The third-order valence-corrected chi connectivity index (χ3v) is 9.41. The van der Waals surface area contributed by atoms with E-state index in [1.807, 2.05) is 24.4 Å². The Labute approximate surface area is 269 Å². The van der Waals surface area contributed by atoms with Crippen LogP contribution in [0.3, 0.4) is 0 Å². The third kappa shape index (κ3) is 8.52. The molecule has 1 amide bonds. The Morgan fingerprint density at radius 3 is 2.63 bits per heavy atom. The number of hydrogen-bond donors (Lipinski definition) is 3. The van der Waals surface area contributed by atoms with E-state index in [-0.39, 0.29) is 36.1 Å². The number of morpholine rings is 1. The Morgan fingerprint density at radius 1 is 1.04 bits per heavy atom. The number of nitrogens with zero attached hydrogens (tertiary/aromatic N) is 2. The highest BCUT2D eigenvalue weighted by molar-refractivity contribution is 7.92. The Morgan fingerprint density at radius 2 is 1.85 bits per heavy atom. The predicted octanol–water partition coefficient (Wildman–Crippen LogP) is 3.95. The first kappa shape index (κ1) is 33.1. The van der Waals surface area contributed by atoms with Gasteiger partial charge in [-0.1, -0.05) is 30.3 Å². The van der Waals surface area contributed by atoms with Gasteiger partial charge < -0.3 is 29.4 Å². The second kappa shape index (κ2) is 14.5. The van der Waals surface area contributed by atoms with E-state index < -0.39 is 22.1 Å². The Balaban J connectivity index is 1.11. The smallest absolute Gasteiger partial charge is 0.338 e. The van der Waals surface area contributed by atoms with Crippen molar-refractivity contribution >= 4 is 38.5 Å². The normalized spacial score (nSPS) is 14.8. The molecule has 1 saturated heterocycles. The molecule has 0 aliphatic carbocycles. The van der Waals surface area contributed by atoms with Crippen LogP contribution in [-0.2, 0) is 30.8 Å². The number of aromatic nitrogens is 1. The van der Waals surface area contributed by atoms with E-state index in [2.05, 4.69) is 28.5 Å². The second-order valence-corrected chi connectivity index (χ2v) is 13.6. The molecule has 5 rings (SSSR count). The zero-order valence-corrected chi connectivity index (χ0v) is 26.8. The molecule has 0 saturated carbocycles. The van der Waals surface area contributed by atoms with Crippen LogP contribution < -0.4 is 10.0 Å². The van der Waals surface area contributed by atoms with Gasteiger partial charge in [-0.05, 0) is 74.4 Å². The maximum absolute atomic E-state index is 12.7. The van der Waals surface area contributed by atoms with Gasteiger partial charge in [0.2, 0.25) is 5.91 Å². The summed E-state index contributed by atoms with van der Waals surface area (Å²) in [6.45, 7) is 6.62. The largest absolute Gasteiger partial charge is 0.460 e. The van der Waals surface area contributed by atoms with Crippen molar-refractivity contribution < 1.29 is 32.6 Å².